The molecule has 82 valence electrons. The molecule has 0 bridgehead atoms. The number of benzene rings is 1. The number of anilines is 3. The molecule has 0 atom stereocenters. The third kappa shape index (κ3) is 2.28. The lowest BCUT2D eigenvalue weighted by Gasteiger charge is -2.07. The predicted molar refractivity (Wildman–Crippen MR) is 65.5 cm³/mol. The van der Waals surface area contributed by atoms with Crippen molar-refractivity contribution in [1.82, 2.24) is 9.97 Å². The van der Waals surface area contributed by atoms with E-state index in [9.17, 15) is 0 Å². The summed E-state index contributed by atoms with van der Waals surface area (Å²) in [5, 5.41) is 3.15. The first-order valence-electron chi connectivity index (χ1n) is 5.21. The summed E-state index contributed by atoms with van der Waals surface area (Å²) < 4.78 is 0. The van der Waals surface area contributed by atoms with Crippen LogP contribution >= 0.6 is 0 Å². The van der Waals surface area contributed by atoms with Crippen LogP contribution in [0, 0.1) is 0 Å². The van der Waals surface area contributed by atoms with E-state index >= 15 is 0 Å². The van der Waals surface area contributed by atoms with E-state index in [4.69, 9.17) is 5.73 Å². The van der Waals surface area contributed by atoms with Gasteiger partial charge in [-0.15, -0.1) is 0 Å². The number of aryl methyl sites for hydroxylation is 1. The minimum absolute atomic E-state index is 0.544. The van der Waals surface area contributed by atoms with Crippen molar-refractivity contribution in [1.29, 1.82) is 0 Å². The van der Waals surface area contributed by atoms with E-state index in [0.29, 0.717) is 11.5 Å². The molecule has 0 amide bonds. The van der Waals surface area contributed by atoms with Crippen LogP contribution in [0.25, 0.3) is 0 Å². The Labute approximate surface area is 94.5 Å². The summed E-state index contributed by atoms with van der Waals surface area (Å²) in [6.07, 6.45) is 4.09. The highest BCUT2D eigenvalue weighted by molar-refractivity contribution is 5.67. The maximum atomic E-state index is 5.74. The summed E-state index contributed by atoms with van der Waals surface area (Å²) in [6, 6.07) is 8.19. The second-order valence-electron chi connectivity index (χ2n) is 3.50. The van der Waals surface area contributed by atoms with Gasteiger partial charge in [-0.3, -0.25) is 0 Å². The topological polar surface area (TPSA) is 63.8 Å². The van der Waals surface area contributed by atoms with Crippen LogP contribution in [0.4, 0.5) is 17.2 Å². The van der Waals surface area contributed by atoms with Crippen molar-refractivity contribution in [2.75, 3.05) is 11.1 Å². The highest BCUT2D eigenvalue weighted by Crippen LogP contribution is 2.19. The molecule has 0 fully saturated rings. The van der Waals surface area contributed by atoms with Gasteiger partial charge in [-0.25, -0.2) is 9.97 Å². The van der Waals surface area contributed by atoms with E-state index < -0.39 is 0 Å². The zero-order valence-corrected chi connectivity index (χ0v) is 9.14. The number of rotatable bonds is 3. The third-order valence-corrected chi connectivity index (χ3v) is 2.37. The van der Waals surface area contributed by atoms with Gasteiger partial charge in [0.25, 0.3) is 0 Å². The molecular formula is C12H14N4. The van der Waals surface area contributed by atoms with Crippen molar-refractivity contribution in [3.63, 3.8) is 0 Å². The molecule has 1 aromatic carbocycles. The molecule has 3 N–H and O–H groups in total. The summed E-state index contributed by atoms with van der Waals surface area (Å²) in [4.78, 5) is 7.91. The van der Waals surface area contributed by atoms with Crippen LogP contribution in [0.2, 0.25) is 0 Å². The Balaban J connectivity index is 2.18. The molecule has 0 aliphatic heterocycles. The number of nitrogen functional groups attached to an aromatic ring is 1. The van der Waals surface area contributed by atoms with Crippen LogP contribution in [0.3, 0.4) is 0 Å². The molecule has 2 aromatic rings. The van der Waals surface area contributed by atoms with Gasteiger partial charge in [0.1, 0.15) is 6.33 Å². The second kappa shape index (κ2) is 4.61. The van der Waals surface area contributed by atoms with Crippen molar-refractivity contribution >= 4 is 17.2 Å². The summed E-state index contributed by atoms with van der Waals surface area (Å²) in [6.45, 7) is 2.13. The van der Waals surface area contributed by atoms with Crippen molar-refractivity contribution in [2.45, 2.75) is 13.3 Å². The number of nitrogens with zero attached hydrogens (tertiary/aromatic N) is 2. The van der Waals surface area contributed by atoms with E-state index in [0.717, 1.165) is 12.1 Å². The quantitative estimate of drug-likeness (QED) is 0.823. The second-order valence-corrected chi connectivity index (χ2v) is 3.50. The first-order valence-corrected chi connectivity index (χ1v) is 5.21. The van der Waals surface area contributed by atoms with Crippen LogP contribution in [0.5, 0.6) is 0 Å². The minimum atomic E-state index is 0.544. The van der Waals surface area contributed by atoms with Crippen molar-refractivity contribution in [2.24, 2.45) is 0 Å². The Hall–Kier alpha value is -2.10. The Morgan fingerprint density at radius 3 is 2.62 bits per heavy atom. The molecule has 0 aliphatic carbocycles. The van der Waals surface area contributed by atoms with Gasteiger partial charge in [0.2, 0.25) is 0 Å². The van der Waals surface area contributed by atoms with Gasteiger partial charge in [0.05, 0.1) is 11.9 Å². The monoisotopic (exact) mass is 214 g/mol. The van der Waals surface area contributed by atoms with Crippen molar-refractivity contribution < 1.29 is 0 Å². The highest BCUT2D eigenvalue weighted by atomic mass is 15.0. The Morgan fingerprint density at radius 1 is 1.25 bits per heavy atom. The largest absolute Gasteiger partial charge is 0.394 e. The standard InChI is InChI=1S/C12H14N4/c1-2-9-3-5-10(6-4-9)16-12-11(13)7-14-8-15-12/h3-8H,2,13H2,1H3,(H,14,15,16). The molecule has 0 aliphatic rings. The van der Waals surface area contributed by atoms with E-state index in [1.54, 1.807) is 6.20 Å². The zero-order chi connectivity index (χ0) is 11.4. The smallest absolute Gasteiger partial charge is 0.157 e. The van der Waals surface area contributed by atoms with E-state index in [1.807, 2.05) is 12.1 Å². The Kier molecular flexibility index (Phi) is 3.00. The van der Waals surface area contributed by atoms with Crippen LogP contribution in [0.1, 0.15) is 12.5 Å². The van der Waals surface area contributed by atoms with E-state index in [2.05, 4.69) is 34.3 Å². The summed E-state index contributed by atoms with van der Waals surface area (Å²) in [5.74, 6) is 0.638. The molecule has 16 heavy (non-hydrogen) atoms. The number of hydrogen-bond acceptors (Lipinski definition) is 4. The van der Waals surface area contributed by atoms with Crippen LogP contribution in [-0.2, 0) is 6.42 Å². The summed E-state index contributed by atoms with van der Waals surface area (Å²) in [5.41, 5.74) is 8.56. The Morgan fingerprint density at radius 2 is 2.00 bits per heavy atom. The highest BCUT2D eigenvalue weighted by Gasteiger charge is 2.00. The minimum Gasteiger partial charge on any atom is -0.394 e. The number of nitrogens with one attached hydrogen (secondary N) is 1. The number of hydrogen-bond donors (Lipinski definition) is 2. The lowest BCUT2D eigenvalue weighted by atomic mass is 10.1. The molecule has 1 aromatic heterocycles. The first kappa shape index (κ1) is 10.4. The fraction of sp³-hybridized carbons (Fsp3) is 0.167. The SMILES string of the molecule is CCc1ccc(Nc2ncncc2N)cc1. The number of nitrogens with two attached hydrogens (primary N) is 1. The lowest BCUT2D eigenvalue weighted by molar-refractivity contribution is 1.14. The van der Waals surface area contributed by atoms with Gasteiger partial charge in [0.15, 0.2) is 5.82 Å². The zero-order valence-electron chi connectivity index (χ0n) is 9.14. The molecule has 0 saturated carbocycles. The van der Waals surface area contributed by atoms with E-state index in [-0.39, 0.29) is 0 Å². The van der Waals surface area contributed by atoms with Crippen LogP contribution < -0.4 is 11.1 Å². The van der Waals surface area contributed by atoms with Crippen molar-refractivity contribution in [3.05, 3.63) is 42.4 Å². The molecule has 0 unspecified atom stereocenters. The Bertz CT molecular complexity index is 465. The molecule has 2 rings (SSSR count). The molecule has 1 heterocycles. The summed E-state index contributed by atoms with van der Waals surface area (Å²) in [7, 11) is 0. The fourth-order valence-corrected chi connectivity index (χ4v) is 1.41. The van der Waals surface area contributed by atoms with Gasteiger partial charge in [-0.1, -0.05) is 19.1 Å². The average molecular weight is 214 g/mol. The molecule has 0 spiro atoms. The number of aromatic nitrogens is 2. The summed E-state index contributed by atoms with van der Waals surface area (Å²) >= 11 is 0. The average Bonchev–Trinajstić information content (AvgIpc) is 2.33. The lowest BCUT2D eigenvalue weighted by Crippen LogP contribution is -1.99. The van der Waals surface area contributed by atoms with Gasteiger partial charge < -0.3 is 11.1 Å². The van der Waals surface area contributed by atoms with E-state index in [1.165, 1.54) is 11.9 Å². The first-order chi connectivity index (χ1) is 7.79. The molecular weight excluding hydrogens is 200 g/mol. The molecule has 0 saturated heterocycles. The van der Waals surface area contributed by atoms with Gasteiger partial charge >= 0.3 is 0 Å². The van der Waals surface area contributed by atoms with Gasteiger partial charge in [0, 0.05) is 5.69 Å². The van der Waals surface area contributed by atoms with Crippen LogP contribution in [0.15, 0.2) is 36.8 Å². The van der Waals surface area contributed by atoms with Gasteiger partial charge in [-0.2, -0.15) is 0 Å². The molecule has 0 radical (unpaired) electrons. The van der Waals surface area contributed by atoms with Crippen molar-refractivity contribution in [3.8, 4) is 0 Å². The predicted octanol–water partition coefficient (Wildman–Crippen LogP) is 2.36. The van der Waals surface area contributed by atoms with Gasteiger partial charge in [-0.05, 0) is 24.1 Å². The molecule has 4 nitrogen and oxygen atoms in total. The maximum absolute atomic E-state index is 5.74. The maximum Gasteiger partial charge on any atom is 0.157 e. The fourth-order valence-electron chi connectivity index (χ4n) is 1.41. The third-order valence-electron chi connectivity index (χ3n) is 2.37. The normalized spacial score (nSPS) is 10.1. The van der Waals surface area contributed by atoms with Crippen LogP contribution in [-0.4, -0.2) is 9.97 Å². The molecule has 4 heteroatoms.